The van der Waals surface area contributed by atoms with Crippen molar-refractivity contribution in [3.63, 3.8) is 0 Å². The van der Waals surface area contributed by atoms with E-state index >= 15 is 0 Å². The molecule has 2 N–H and O–H groups in total. The van der Waals surface area contributed by atoms with Gasteiger partial charge >= 0.3 is 18.0 Å². The molecule has 0 aromatic carbocycles. The second-order valence-electron chi connectivity index (χ2n) is 3.24. The average molecular weight is 280 g/mol. The van der Waals surface area contributed by atoms with Crippen molar-refractivity contribution in [1.29, 1.82) is 0 Å². The molecule has 0 saturated carbocycles. The van der Waals surface area contributed by atoms with E-state index in [0.717, 1.165) is 0 Å². The lowest BCUT2D eigenvalue weighted by atomic mass is 10.0. The van der Waals surface area contributed by atoms with Gasteiger partial charge in [0.1, 0.15) is 0 Å². The molecular formula is C8H4F8N2. The summed E-state index contributed by atoms with van der Waals surface area (Å²) in [6, 6.07) is -0.220. The van der Waals surface area contributed by atoms with E-state index in [0.29, 0.717) is 0 Å². The second-order valence-corrected chi connectivity index (χ2v) is 3.24. The van der Waals surface area contributed by atoms with Crippen molar-refractivity contribution in [3.8, 4) is 0 Å². The van der Waals surface area contributed by atoms with Crippen LogP contribution >= 0.6 is 0 Å². The fraction of sp³-hybridized carbons (Fsp3) is 0.375. The number of nitrogens with two attached hydrogens (primary N) is 1. The Balaban J connectivity index is 3.33. The number of nitrogens with zero attached hydrogens (tertiary/aromatic N) is 1. The van der Waals surface area contributed by atoms with Crippen LogP contribution in [0.3, 0.4) is 0 Å². The van der Waals surface area contributed by atoms with Gasteiger partial charge in [0.05, 0.1) is 0 Å². The van der Waals surface area contributed by atoms with Crippen LogP contribution < -0.4 is 5.73 Å². The standard InChI is InChI=1S/C8H4F8N2/c9-4-1-3(2-18-5(4)17)6(10,11)7(12,13)8(14,15)16/h1-2H,(H2,17,18). The zero-order valence-electron chi connectivity index (χ0n) is 8.20. The third-order valence-corrected chi connectivity index (χ3v) is 1.98. The molecule has 0 aliphatic heterocycles. The summed E-state index contributed by atoms with van der Waals surface area (Å²) in [6.07, 6.45) is -6.54. The van der Waals surface area contributed by atoms with Gasteiger partial charge in [-0.05, 0) is 6.07 Å². The van der Waals surface area contributed by atoms with Crippen LogP contribution in [0.15, 0.2) is 12.3 Å². The van der Waals surface area contributed by atoms with Crippen molar-refractivity contribution in [1.82, 2.24) is 4.98 Å². The Labute approximate surface area is 94.4 Å². The highest BCUT2D eigenvalue weighted by Gasteiger charge is 2.73. The molecule has 1 aromatic rings. The van der Waals surface area contributed by atoms with E-state index in [9.17, 15) is 35.1 Å². The highest BCUT2D eigenvalue weighted by Crippen LogP contribution is 2.51. The van der Waals surface area contributed by atoms with Gasteiger partial charge in [0, 0.05) is 11.8 Å². The predicted octanol–water partition coefficient (Wildman–Crippen LogP) is 3.09. The summed E-state index contributed by atoms with van der Waals surface area (Å²) in [6.45, 7) is 0. The fourth-order valence-electron chi connectivity index (χ4n) is 0.979. The summed E-state index contributed by atoms with van der Waals surface area (Å²) >= 11 is 0. The van der Waals surface area contributed by atoms with Crippen LogP contribution in [0.1, 0.15) is 5.56 Å². The minimum absolute atomic E-state index is 0.0436. The average Bonchev–Trinajstić information content (AvgIpc) is 2.20. The number of rotatable bonds is 2. The summed E-state index contributed by atoms with van der Waals surface area (Å²) < 4.78 is 99.4. The molecule has 0 bridgehead atoms. The molecular weight excluding hydrogens is 276 g/mol. The Kier molecular flexibility index (Phi) is 3.17. The number of hydrogen-bond acceptors (Lipinski definition) is 2. The Morgan fingerprint density at radius 3 is 1.89 bits per heavy atom. The number of hydrogen-bond donors (Lipinski definition) is 1. The summed E-state index contributed by atoms with van der Waals surface area (Å²) in [5, 5.41) is 0. The van der Waals surface area contributed by atoms with Crippen LogP contribution in [0.25, 0.3) is 0 Å². The van der Waals surface area contributed by atoms with E-state index in [2.05, 4.69) is 4.98 Å². The van der Waals surface area contributed by atoms with Crippen molar-refractivity contribution < 1.29 is 35.1 Å². The molecule has 0 fully saturated rings. The molecule has 0 spiro atoms. The van der Waals surface area contributed by atoms with Gasteiger partial charge in [-0.1, -0.05) is 0 Å². The number of halogens is 8. The topological polar surface area (TPSA) is 38.9 Å². The molecule has 1 aromatic heterocycles. The predicted molar refractivity (Wildman–Crippen MR) is 43.5 cm³/mol. The van der Waals surface area contributed by atoms with E-state index in [1.54, 1.807) is 0 Å². The van der Waals surface area contributed by atoms with Gasteiger partial charge in [0.15, 0.2) is 11.6 Å². The van der Waals surface area contributed by atoms with E-state index in [1.807, 2.05) is 0 Å². The maximum absolute atomic E-state index is 13.0. The second kappa shape index (κ2) is 3.95. The van der Waals surface area contributed by atoms with E-state index in [-0.39, 0.29) is 12.3 Å². The summed E-state index contributed by atoms with van der Waals surface area (Å²) in [5.41, 5.74) is 2.87. The van der Waals surface area contributed by atoms with Gasteiger partial charge in [0.2, 0.25) is 0 Å². The molecule has 18 heavy (non-hydrogen) atoms. The largest absolute Gasteiger partial charge is 0.460 e. The van der Waals surface area contributed by atoms with E-state index < -0.39 is 35.2 Å². The number of anilines is 1. The Morgan fingerprint density at radius 1 is 1.00 bits per heavy atom. The number of alkyl halides is 7. The first kappa shape index (κ1) is 14.5. The van der Waals surface area contributed by atoms with Gasteiger partial charge in [-0.3, -0.25) is 0 Å². The molecule has 2 nitrogen and oxygen atoms in total. The van der Waals surface area contributed by atoms with Crippen molar-refractivity contribution >= 4 is 5.82 Å². The van der Waals surface area contributed by atoms with Gasteiger partial charge in [-0.15, -0.1) is 0 Å². The first-order chi connectivity index (χ1) is 7.91. The van der Waals surface area contributed by atoms with Crippen LogP contribution in [-0.4, -0.2) is 17.1 Å². The number of pyridine rings is 1. The van der Waals surface area contributed by atoms with Gasteiger partial charge in [-0.2, -0.15) is 30.7 Å². The molecule has 0 saturated heterocycles. The Bertz CT molecular complexity index is 453. The number of aromatic nitrogens is 1. The first-order valence-electron chi connectivity index (χ1n) is 4.15. The lowest BCUT2D eigenvalue weighted by molar-refractivity contribution is -0.359. The van der Waals surface area contributed by atoms with Crippen LogP contribution in [0.4, 0.5) is 40.9 Å². The highest BCUT2D eigenvalue weighted by molar-refractivity contribution is 5.34. The quantitative estimate of drug-likeness (QED) is 0.845. The van der Waals surface area contributed by atoms with Crippen LogP contribution in [-0.2, 0) is 5.92 Å². The molecule has 10 heteroatoms. The molecule has 0 aliphatic rings. The van der Waals surface area contributed by atoms with Crippen molar-refractivity contribution in [2.24, 2.45) is 0 Å². The lowest BCUT2D eigenvalue weighted by Crippen LogP contribution is -2.50. The Morgan fingerprint density at radius 2 is 1.50 bits per heavy atom. The molecule has 102 valence electrons. The third-order valence-electron chi connectivity index (χ3n) is 1.98. The fourth-order valence-corrected chi connectivity index (χ4v) is 0.979. The molecule has 0 radical (unpaired) electrons. The van der Waals surface area contributed by atoms with Crippen molar-refractivity contribution in [2.75, 3.05) is 5.73 Å². The highest BCUT2D eigenvalue weighted by atomic mass is 19.4. The summed E-state index contributed by atoms with van der Waals surface area (Å²) in [5.74, 6) is -14.5. The summed E-state index contributed by atoms with van der Waals surface area (Å²) in [4.78, 5) is 2.76. The van der Waals surface area contributed by atoms with E-state index in [4.69, 9.17) is 5.73 Å². The van der Waals surface area contributed by atoms with Crippen LogP contribution in [0.2, 0.25) is 0 Å². The molecule has 0 aliphatic carbocycles. The van der Waals surface area contributed by atoms with Crippen molar-refractivity contribution in [3.05, 3.63) is 23.6 Å². The van der Waals surface area contributed by atoms with Crippen molar-refractivity contribution in [2.45, 2.75) is 18.0 Å². The van der Waals surface area contributed by atoms with Gasteiger partial charge in [0.25, 0.3) is 0 Å². The zero-order valence-corrected chi connectivity index (χ0v) is 8.20. The Hall–Kier alpha value is -1.61. The monoisotopic (exact) mass is 280 g/mol. The third kappa shape index (κ3) is 2.06. The van der Waals surface area contributed by atoms with Crippen LogP contribution in [0.5, 0.6) is 0 Å². The molecule has 1 rings (SSSR count). The normalized spacial score (nSPS) is 13.8. The molecule has 0 atom stereocenters. The maximum atomic E-state index is 13.0. The minimum atomic E-state index is -6.49. The van der Waals surface area contributed by atoms with Gasteiger partial charge in [-0.25, -0.2) is 9.37 Å². The lowest BCUT2D eigenvalue weighted by Gasteiger charge is -2.28. The smallest absolute Gasteiger partial charge is 0.381 e. The number of nitrogen functional groups attached to an aromatic ring is 1. The SMILES string of the molecule is Nc1ncc(C(F)(F)C(F)(F)C(F)(F)F)cc1F. The molecule has 0 amide bonds. The molecule has 0 unspecified atom stereocenters. The van der Waals surface area contributed by atoms with E-state index in [1.165, 1.54) is 0 Å². The summed E-state index contributed by atoms with van der Waals surface area (Å²) in [7, 11) is 0. The zero-order chi connectivity index (χ0) is 14.4. The molecule has 1 heterocycles. The van der Waals surface area contributed by atoms with Gasteiger partial charge < -0.3 is 5.73 Å². The maximum Gasteiger partial charge on any atom is 0.460 e. The van der Waals surface area contributed by atoms with Crippen LogP contribution in [0, 0.1) is 5.82 Å². The first-order valence-corrected chi connectivity index (χ1v) is 4.15. The minimum Gasteiger partial charge on any atom is -0.381 e.